The van der Waals surface area contributed by atoms with Crippen LogP contribution < -0.4 is 10.6 Å². The van der Waals surface area contributed by atoms with E-state index in [9.17, 15) is 14.0 Å². The third-order valence-corrected chi connectivity index (χ3v) is 2.66. The number of carbonyl (C=O) groups is 2. The highest BCUT2D eigenvalue weighted by Crippen LogP contribution is 2.16. The van der Waals surface area contributed by atoms with Crippen molar-refractivity contribution in [2.45, 2.75) is 13.3 Å². The largest absolute Gasteiger partial charge is 0.355 e. The number of nitrogens with one attached hydrogen (secondary N) is 2. The molecule has 1 aromatic rings. The van der Waals surface area contributed by atoms with E-state index in [0.29, 0.717) is 12.2 Å². The molecule has 1 aliphatic heterocycles. The Balaban J connectivity index is 2.05. The third kappa shape index (κ3) is 2.81. The zero-order valence-corrected chi connectivity index (χ0v) is 9.42. The summed E-state index contributed by atoms with van der Waals surface area (Å²) in [5.74, 6) is -1.14. The minimum Gasteiger partial charge on any atom is -0.355 e. The number of benzene rings is 1. The number of aryl methyl sites for hydroxylation is 1. The number of hydrogen-bond acceptors (Lipinski definition) is 2. The molecule has 1 saturated heterocycles. The summed E-state index contributed by atoms with van der Waals surface area (Å²) < 4.78 is 13.1. The first-order valence-corrected chi connectivity index (χ1v) is 5.39. The highest BCUT2D eigenvalue weighted by Gasteiger charge is 2.27. The molecule has 5 heteroatoms. The lowest BCUT2D eigenvalue weighted by molar-refractivity contribution is -0.123. The lowest BCUT2D eigenvalue weighted by Crippen LogP contribution is -2.24. The van der Waals surface area contributed by atoms with Crippen molar-refractivity contribution in [3.63, 3.8) is 0 Å². The van der Waals surface area contributed by atoms with Gasteiger partial charge in [0.05, 0.1) is 5.92 Å². The second kappa shape index (κ2) is 4.53. The second-order valence-corrected chi connectivity index (χ2v) is 4.21. The number of carbonyl (C=O) groups excluding carboxylic acids is 2. The van der Waals surface area contributed by atoms with E-state index in [4.69, 9.17) is 0 Å². The van der Waals surface area contributed by atoms with E-state index in [1.807, 2.05) is 0 Å². The van der Waals surface area contributed by atoms with Crippen LogP contribution in [0.2, 0.25) is 0 Å². The molecule has 0 aromatic heterocycles. The first-order chi connectivity index (χ1) is 8.04. The first kappa shape index (κ1) is 11.6. The first-order valence-electron chi connectivity index (χ1n) is 5.39. The highest BCUT2D eigenvalue weighted by atomic mass is 19.1. The smallest absolute Gasteiger partial charge is 0.229 e. The fourth-order valence-corrected chi connectivity index (χ4v) is 1.84. The quantitative estimate of drug-likeness (QED) is 0.810. The number of hydrogen-bond donors (Lipinski definition) is 2. The van der Waals surface area contributed by atoms with Crippen LogP contribution in [0, 0.1) is 18.7 Å². The Kier molecular flexibility index (Phi) is 3.08. The van der Waals surface area contributed by atoms with Gasteiger partial charge in [0.1, 0.15) is 5.82 Å². The summed E-state index contributed by atoms with van der Waals surface area (Å²) in [6.07, 6.45) is 0.195. The van der Waals surface area contributed by atoms with Crippen LogP contribution in [0.15, 0.2) is 18.2 Å². The molecule has 1 aromatic carbocycles. The Bertz CT molecular complexity index is 453. The molecule has 0 radical (unpaired) electrons. The van der Waals surface area contributed by atoms with Crippen molar-refractivity contribution in [2.75, 3.05) is 11.9 Å². The molecule has 0 bridgehead atoms. The molecule has 1 aliphatic rings. The van der Waals surface area contributed by atoms with Crippen molar-refractivity contribution in [2.24, 2.45) is 5.92 Å². The van der Waals surface area contributed by atoms with Crippen molar-refractivity contribution in [3.8, 4) is 0 Å². The van der Waals surface area contributed by atoms with Crippen molar-refractivity contribution in [1.29, 1.82) is 0 Å². The van der Waals surface area contributed by atoms with Crippen LogP contribution in [0.25, 0.3) is 0 Å². The molecule has 1 unspecified atom stereocenters. The number of rotatable bonds is 2. The molecule has 4 nitrogen and oxygen atoms in total. The minimum atomic E-state index is -0.388. The maximum absolute atomic E-state index is 13.1. The maximum atomic E-state index is 13.1. The fourth-order valence-electron chi connectivity index (χ4n) is 1.84. The molecule has 2 N–H and O–H groups in total. The van der Waals surface area contributed by atoms with Crippen LogP contribution in [0.1, 0.15) is 12.0 Å². The molecule has 17 heavy (non-hydrogen) atoms. The highest BCUT2D eigenvalue weighted by molar-refractivity contribution is 5.97. The summed E-state index contributed by atoms with van der Waals surface area (Å²) in [5.41, 5.74) is 1.16. The Labute approximate surface area is 98.2 Å². The molecule has 1 atom stereocenters. The molecular weight excluding hydrogens is 223 g/mol. The van der Waals surface area contributed by atoms with Crippen LogP contribution in [0.3, 0.4) is 0 Å². The number of anilines is 1. The van der Waals surface area contributed by atoms with Crippen LogP contribution in [-0.4, -0.2) is 18.4 Å². The fraction of sp³-hybridized carbons (Fsp3) is 0.333. The summed E-state index contributed by atoms with van der Waals surface area (Å²) in [6, 6.07) is 4.33. The van der Waals surface area contributed by atoms with Gasteiger partial charge in [-0.05, 0) is 30.7 Å². The van der Waals surface area contributed by atoms with Crippen molar-refractivity contribution in [1.82, 2.24) is 5.32 Å². The average Bonchev–Trinajstić information content (AvgIpc) is 2.63. The van der Waals surface area contributed by atoms with E-state index < -0.39 is 0 Å². The van der Waals surface area contributed by atoms with Crippen LogP contribution in [0.5, 0.6) is 0 Å². The Hall–Kier alpha value is -1.91. The van der Waals surface area contributed by atoms with Gasteiger partial charge in [-0.3, -0.25) is 9.59 Å². The Morgan fingerprint density at radius 2 is 2.24 bits per heavy atom. The van der Waals surface area contributed by atoms with Crippen molar-refractivity contribution in [3.05, 3.63) is 29.6 Å². The lowest BCUT2D eigenvalue weighted by Gasteiger charge is -2.09. The molecule has 1 heterocycles. The molecule has 1 fully saturated rings. The lowest BCUT2D eigenvalue weighted by atomic mass is 10.1. The van der Waals surface area contributed by atoms with Gasteiger partial charge in [0.2, 0.25) is 11.8 Å². The predicted molar refractivity (Wildman–Crippen MR) is 60.9 cm³/mol. The summed E-state index contributed by atoms with van der Waals surface area (Å²) >= 11 is 0. The summed E-state index contributed by atoms with van der Waals surface area (Å²) in [7, 11) is 0. The zero-order valence-electron chi connectivity index (χ0n) is 9.42. The normalized spacial score (nSPS) is 18.9. The molecule has 0 saturated carbocycles. The number of amides is 2. The van der Waals surface area contributed by atoms with E-state index in [-0.39, 0.29) is 30.0 Å². The van der Waals surface area contributed by atoms with Gasteiger partial charge in [0, 0.05) is 18.7 Å². The molecule has 2 amide bonds. The Morgan fingerprint density at radius 1 is 1.47 bits per heavy atom. The SMILES string of the molecule is Cc1cc(F)cc(NC(=O)C2CNC(=O)C2)c1. The minimum absolute atomic E-state index is 0.124. The van der Waals surface area contributed by atoms with E-state index >= 15 is 0 Å². The van der Waals surface area contributed by atoms with Crippen LogP contribution in [-0.2, 0) is 9.59 Å². The topological polar surface area (TPSA) is 58.2 Å². The summed E-state index contributed by atoms with van der Waals surface area (Å²) in [4.78, 5) is 22.7. The molecule has 0 spiro atoms. The van der Waals surface area contributed by atoms with E-state index in [1.54, 1.807) is 13.0 Å². The Morgan fingerprint density at radius 3 is 2.82 bits per heavy atom. The monoisotopic (exact) mass is 236 g/mol. The third-order valence-electron chi connectivity index (χ3n) is 2.66. The van der Waals surface area contributed by atoms with Gasteiger partial charge in [0.25, 0.3) is 0 Å². The molecule has 90 valence electrons. The van der Waals surface area contributed by atoms with Gasteiger partial charge in [0.15, 0.2) is 0 Å². The van der Waals surface area contributed by atoms with Crippen molar-refractivity contribution < 1.29 is 14.0 Å². The maximum Gasteiger partial charge on any atom is 0.229 e. The summed E-state index contributed by atoms with van der Waals surface area (Å²) in [6.45, 7) is 2.10. The standard InChI is InChI=1S/C12H13FN2O2/c1-7-2-9(13)5-10(3-7)15-12(17)8-4-11(16)14-6-8/h2-3,5,8H,4,6H2,1H3,(H,14,16)(H,15,17). The zero-order chi connectivity index (χ0) is 12.4. The van der Waals surface area contributed by atoms with Gasteiger partial charge >= 0.3 is 0 Å². The van der Waals surface area contributed by atoms with Gasteiger partial charge < -0.3 is 10.6 Å². The second-order valence-electron chi connectivity index (χ2n) is 4.21. The average molecular weight is 236 g/mol. The van der Waals surface area contributed by atoms with E-state index in [1.165, 1.54) is 12.1 Å². The summed E-state index contributed by atoms with van der Waals surface area (Å²) in [5, 5.41) is 5.20. The van der Waals surface area contributed by atoms with Gasteiger partial charge in [-0.2, -0.15) is 0 Å². The van der Waals surface area contributed by atoms with Gasteiger partial charge in [-0.1, -0.05) is 0 Å². The van der Waals surface area contributed by atoms with Gasteiger partial charge in [-0.25, -0.2) is 4.39 Å². The van der Waals surface area contributed by atoms with Crippen LogP contribution in [0.4, 0.5) is 10.1 Å². The number of halogens is 1. The van der Waals surface area contributed by atoms with Crippen LogP contribution >= 0.6 is 0 Å². The van der Waals surface area contributed by atoms with Gasteiger partial charge in [-0.15, -0.1) is 0 Å². The molecule has 2 rings (SSSR count). The molecular formula is C12H13FN2O2. The van der Waals surface area contributed by atoms with Crippen molar-refractivity contribution >= 4 is 17.5 Å². The molecule has 0 aliphatic carbocycles. The van der Waals surface area contributed by atoms with E-state index in [0.717, 1.165) is 5.56 Å². The predicted octanol–water partition coefficient (Wildman–Crippen LogP) is 1.21. The van der Waals surface area contributed by atoms with E-state index in [2.05, 4.69) is 10.6 Å².